The van der Waals surface area contributed by atoms with Crippen LogP contribution in [0, 0.1) is 0 Å². The Morgan fingerprint density at radius 2 is 2.37 bits per heavy atom. The average molecular weight is 260 g/mol. The maximum absolute atomic E-state index is 14.8. The van der Waals surface area contributed by atoms with Crippen LogP contribution in [0.4, 0.5) is 10.1 Å². The summed E-state index contributed by atoms with van der Waals surface area (Å²) in [6.07, 6.45) is 2.22. The highest BCUT2D eigenvalue weighted by atomic mass is 19.1. The lowest BCUT2D eigenvalue weighted by Gasteiger charge is -2.14. The molecule has 0 radical (unpaired) electrons. The van der Waals surface area contributed by atoms with Crippen LogP contribution in [-0.2, 0) is 13.0 Å². The molecule has 2 heterocycles. The highest BCUT2D eigenvalue weighted by Crippen LogP contribution is 2.35. The molecule has 3 rings (SSSR count). The molecule has 1 aromatic carbocycles. The lowest BCUT2D eigenvalue weighted by Crippen LogP contribution is -2.09. The summed E-state index contributed by atoms with van der Waals surface area (Å²) in [5.74, 6) is 0. The molecule has 0 spiro atoms. The standard InChI is InChI=1S/C14H17FN4/c1-2-8-19-12(9-17-18-19)13(15)11-5-3-4-10-6-7-16-14(10)11/h3-5,9,13,16H,2,6-8H2,1H3. The summed E-state index contributed by atoms with van der Waals surface area (Å²) in [5, 5.41) is 11.1. The number of hydrogen-bond donors (Lipinski definition) is 1. The van der Waals surface area contributed by atoms with Crippen molar-refractivity contribution in [3.05, 3.63) is 41.2 Å². The Kier molecular flexibility index (Phi) is 3.19. The molecule has 0 saturated carbocycles. The Morgan fingerprint density at radius 3 is 3.21 bits per heavy atom. The minimum Gasteiger partial charge on any atom is -0.384 e. The van der Waals surface area contributed by atoms with Crippen molar-refractivity contribution in [1.82, 2.24) is 15.0 Å². The van der Waals surface area contributed by atoms with Crippen LogP contribution in [0.2, 0.25) is 0 Å². The minimum absolute atomic E-state index is 0.531. The molecular formula is C14H17FN4. The van der Waals surface area contributed by atoms with Crippen LogP contribution in [-0.4, -0.2) is 21.5 Å². The molecule has 1 aliphatic heterocycles. The fraction of sp³-hybridized carbons (Fsp3) is 0.429. The summed E-state index contributed by atoms with van der Waals surface area (Å²) in [6, 6.07) is 5.81. The van der Waals surface area contributed by atoms with Crippen molar-refractivity contribution in [1.29, 1.82) is 0 Å². The average Bonchev–Trinajstić information content (AvgIpc) is 3.06. The topological polar surface area (TPSA) is 42.7 Å². The third kappa shape index (κ3) is 2.09. The second-order valence-electron chi connectivity index (χ2n) is 4.80. The first-order valence-corrected chi connectivity index (χ1v) is 6.69. The molecular weight excluding hydrogens is 243 g/mol. The van der Waals surface area contributed by atoms with E-state index in [1.165, 1.54) is 11.8 Å². The van der Waals surface area contributed by atoms with Gasteiger partial charge in [0, 0.05) is 24.3 Å². The van der Waals surface area contributed by atoms with Crippen LogP contribution < -0.4 is 5.32 Å². The molecule has 1 aliphatic rings. The smallest absolute Gasteiger partial charge is 0.170 e. The van der Waals surface area contributed by atoms with Gasteiger partial charge in [0.1, 0.15) is 0 Å². The lowest BCUT2D eigenvalue weighted by molar-refractivity contribution is 0.371. The number of nitrogens with zero attached hydrogens (tertiary/aromatic N) is 3. The van der Waals surface area contributed by atoms with E-state index in [1.54, 1.807) is 4.68 Å². The van der Waals surface area contributed by atoms with Crippen molar-refractivity contribution in [3.63, 3.8) is 0 Å². The van der Waals surface area contributed by atoms with E-state index in [2.05, 4.69) is 15.6 Å². The number of aromatic nitrogens is 3. The van der Waals surface area contributed by atoms with Gasteiger partial charge in [0.2, 0.25) is 0 Å². The van der Waals surface area contributed by atoms with Crippen LogP contribution in [0.15, 0.2) is 24.4 Å². The minimum atomic E-state index is -1.18. The van der Waals surface area contributed by atoms with Crippen LogP contribution in [0.5, 0.6) is 0 Å². The maximum Gasteiger partial charge on any atom is 0.170 e. The molecule has 1 N–H and O–H groups in total. The Morgan fingerprint density at radius 1 is 1.47 bits per heavy atom. The normalized spacial score (nSPS) is 15.1. The van der Waals surface area contributed by atoms with Gasteiger partial charge in [-0.15, -0.1) is 5.10 Å². The van der Waals surface area contributed by atoms with Gasteiger partial charge in [0.15, 0.2) is 6.17 Å². The zero-order chi connectivity index (χ0) is 13.2. The van der Waals surface area contributed by atoms with E-state index in [0.717, 1.165) is 25.1 Å². The van der Waals surface area contributed by atoms with E-state index in [9.17, 15) is 4.39 Å². The number of fused-ring (bicyclic) bond motifs is 1. The third-order valence-electron chi connectivity index (χ3n) is 3.49. The number of nitrogens with one attached hydrogen (secondary N) is 1. The van der Waals surface area contributed by atoms with Crippen LogP contribution in [0.3, 0.4) is 0 Å². The summed E-state index contributed by atoms with van der Waals surface area (Å²) in [6.45, 7) is 3.62. The zero-order valence-electron chi connectivity index (χ0n) is 10.9. The predicted molar refractivity (Wildman–Crippen MR) is 71.9 cm³/mol. The molecule has 0 fully saturated rings. The lowest BCUT2D eigenvalue weighted by atomic mass is 10.0. The second kappa shape index (κ2) is 4.99. The molecule has 2 aromatic rings. The van der Waals surface area contributed by atoms with Crippen LogP contribution in [0.1, 0.15) is 36.3 Å². The maximum atomic E-state index is 14.8. The first kappa shape index (κ1) is 12.1. The second-order valence-corrected chi connectivity index (χ2v) is 4.80. The molecule has 1 unspecified atom stereocenters. The Labute approximate surface area is 111 Å². The van der Waals surface area contributed by atoms with E-state index in [4.69, 9.17) is 0 Å². The van der Waals surface area contributed by atoms with Crippen molar-refractivity contribution in [2.45, 2.75) is 32.5 Å². The van der Waals surface area contributed by atoms with Gasteiger partial charge in [-0.1, -0.05) is 30.3 Å². The first-order chi connectivity index (χ1) is 9.31. The van der Waals surface area contributed by atoms with E-state index >= 15 is 0 Å². The number of benzene rings is 1. The summed E-state index contributed by atoms with van der Waals surface area (Å²) in [5.41, 5.74) is 3.35. The number of rotatable bonds is 4. The van der Waals surface area contributed by atoms with Gasteiger partial charge in [-0.25, -0.2) is 9.07 Å². The molecule has 0 aliphatic carbocycles. The highest BCUT2D eigenvalue weighted by Gasteiger charge is 2.24. The molecule has 4 nitrogen and oxygen atoms in total. The Hall–Kier alpha value is -1.91. The fourth-order valence-corrected chi connectivity index (χ4v) is 2.58. The van der Waals surface area contributed by atoms with Gasteiger partial charge in [-0.05, 0) is 18.4 Å². The first-order valence-electron chi connectivity index (χ1n) is 6.69. The van der Waals surface area contributed by atoms with E-state index in [1.807, 2.05) is 25.1 Å². The van der Waals surface area contributed by atoms with Crippen LogP contribution in [0.25, 0.3) is 0 Å². The van der Waals surface area contributed by atoms with Crippen molar-refractivity contribution in [3.8, 4) is 0 Å². The SMILES string of the molecule is CCCn1nncc1C(F)c1cccc2c1NCC2. The zero-order valence-corrected chi connectivity index (χ0v) is 10.9. The highest BCUT2D eigenvalue weighted by molar-refractivity contribution is 5.62. The molecule has 5 heteroatoms. The van der Waals surface area contributed by atoms with Crippen molar-refractivity contribution in [2.75, 3.05) is 11.9 Å². The van der Waals surface area contributed by atoms with Gasteiger partial charge in [0.25, 0.3) is 0 Å². The molecule has 0 saturated heterocycles. The van der Waals surface area contributed by atoms with E-state index in [0.29, 0.717) is 17.8 Å². The number of para-hydroxylation sites is 1. The number of halogens is 1. The summed E-state index contributed by atoms with van der Waals surface area (Å²) >= 11 is 0. The Balaban J connectivity index is 1.98. The molecule has 19 heavy (non-hydrogen) atoms. The number of aryl methyl sites for hydroxylation is 1. The van der Waals surface area contributed by atoms with Crippen molar-refractivity contribution >= 4 is 5.69 Å². The predicted octanol–water partition coefficient (Wildman–Crippen LogP) is 2.72. The van der Waals surface area contributed by atoms with Gasteiger partial charge in [-0.3, -0.25) is 0 Å². The van der Waals surface area contributed by atoms with Gasteiger partial charge in [0.05, 0.1) is 11.9 Å². The Bertz CT molecular complexity index is 579. The molecule has 1 aromatic heterocycles. The van der Waals surface area contributed by atoms with Gasteiger partial charge < -0.3 is 5.32 Å². The van der Waals surface area contributed by atoms with E-state index in [-0.39, 0.29) is 0 Å². The summed E-state index contributed by atoms with van der Waals surface area (Å²) < 4.78 is 16.5. The van der Waals surface area contributed by atoms with Crippen molar-refractivity contribution < 1.29 is 4.39 Å². The quantitative estimate of drug-likeness (QED) is 0.919. The van der Waals surface area contributed by atoms with Gasteiger partial charge >= 0.3 is 0 Å². The summed E-state index contributed by atoms with van der Waals surface area (Å²) in [4.78, 5) is 0. The summed E-state index contributed by atoms with van der Waals surface area (Å²) in [7, 11) is 0. The number of hydrogen-bond acceptors (Lipinski definition) is 3. The van der Waals surface area contributed by atoms with E-state index < -0.39 is 6.17 Å². The largest absolute Gasteiger partial charge is 0.384 e. The molecule has 0 amide bonds. The number of anilines is 1. The van der Waals surface area contributed by atoms with Gasteiger partial charge in [-0.2, -0.15) is 0 Å². The monoisotopic (exact) mass is 260 g/mol. The number of alkyl halides is 1. The molecule has 100 valence electrons. The third-order valence-corrected chi connectivity index (χ3v) is 3.49. The molecule has 0 bridgehead atoms. The van der Waals surface area contributed by atoms with Crippen molar-refractivity contribution in [2.24, 2.45) is 0 Å². The fourth-order valence-electron chi connectivity index (χ4n) is 2.58. The molecule has 1 atom stereocenters. The van der Waals surface area contributed by atoms with Crippen LogP contribution >= 0.6 is 0 Å².